The molecule has 0 aromatic heterocycles. The van der Waals surface area contributed by atoms with Crippen molar-refractivity contribution in [2.24, 2.45) is 5.92 Å². The van der Waals surface area contributed by atoms with Crippen molar-refractivity contribution in [3.63, 3.8) is 0 Å². The van der Waals surface area contributed by atoms with Gasteiger partial charge in [-0.1, -0.05) is 44.4 Å². The van der Waals surface area contributed by atoms with Gasteiger partial charge in [-0.2, -0.15) is 0 Å². The fourth-order valence-electron chi connectivity index (χ4n) is 2.95. The van der Waals surface area contributed by atoms with Crippen molar-refractivity contribution in [3.8, 4) is 0 Å². The van der Waals surface area contributed by atoms with Crippen LogP contribution in [0.5, 0.6) is 0 Å². The van der Waals surface area contributed by atoms with Crippen LogP contribution in [0, 0.1) is 5.92 Å². The minimum absolute atomic E-state index is 0.187. The van der Waals surface area contributed by atoms with Gasteiger partial charge in [-0.3, -0.25) is 4.79 Å². The molecule has 2 unspecified atom stereocenters. The largest absolute Gasteiger partial charge is 0.352 e. The molecule has 20 heavy (non-hydrogen) atoms. The predicted molar refractivity (Wildman–Crippen MR) is 86.0 cm³/mol. The Hall–Kier alpha value is -0.960. The molecule has 0 aliphatic heterocycles. The second kappa shape index (κ2) is 8.35. The third-order valence-electron chi connectivity index (χ3n) is 4.05. The third-order valence-corrected chi connectivity index (χ3v) is 5.06. The van der Waals surface area contributed by atoms with Crippen LogP contribution in [0.4, 0.5) is 0 Å². The topological polar surface area (TPSA) is 29.1 Å². The van der Waals surface area contributed by atoms with Crippen LogP contribution >= 0.6 is 11.8 Å². The zero-order valence-electron chi connectivity index (χ0n) is 12.3. The molecule has 0 saturated heterocycles. The molecule has 1 N–H and O–H groups in total. The zero-order chi connectivity index (χ0) is 14.2. The second-order valence-corrected chi connectivity index (χ2v) is 6.66. The lowest BCUT2D eigenvalue weighted by atomic mass is 9.97. The van der Waals surface area contributed by atoms with Crippen LogP contribution in [-0.4, -0.2) is 17.7 Å². The van der Waals surface area contributed by atoms with Crippen molar-refractivity contribution in [2.45, 2.75) is 56.4 Å². The maximum Gasteiger partial charge on any atom is 0.230 e. The van der Waals surface area contributed by atoms with Crippen LogP contribution in [0.1, 0.15) is 45.4 Å². The molecule has 1 fully saturated rings. The molecule has 2 atom stereocenters. The van der Waals surface area contributed by atoms with E-state index in [4.69, 9.17) is 0 Å². The van der Waals surface area contributed by atoms with E-state index in [-0.39, 0.29) is 5.91 Å². The van der Waals surface area contributed by atoms with E-state index < -0.39 is 0 Å². The van der Waals surface area contributed by atoms with Crippen molar-refractivity contribution >= 4 is 17.7 Å². The highest BCUT2D eigenvalue weighted by molar-refractivity contribution is 8.00. The summed E-state index contributed by atoms with van der Waals surface area (Å²) in [5.74, 6) is 1.42. The fourth-order valence-corrected chi connectivity index (χ4v) is 3.68. The molecule has 0 bridgehead atoms. The number of unbranched alkanes of at least 4 members (excludes halogenated alkanes) is 1. The molecule has 1 aromatic carbocycles. The van der Waals surface area contributed by atoms with Gasteiger partial charge in [-0.05, 0) is 37.3 Å². The molecule has 1 amide bonds. The summed E-state index contributed by atoms with van der Waals surface area (Å²) in [6, 6.07) is 10.6. The number of carbonyl (C=O) groups is 1. The molecule has 1 aliphatic rings. The average Bonchev–Trinajstić information content (AvgIpc) is 2.91. The zero-order valence-corrected chi connectivity index (χ0v) is 13.1. The van der Waals surface area contributed by atoms with Gasteiger partial charge in [0.1, 0.15) is 0 Å². The number of hydrogen-bond acceptors (Lipinski definition) is 2. The normalized spacial score (nSPS) is 21.9. The minimum atomic E-state index is 0.187. The maximum atomic E-state index is 12.1. The van der Waals surface area contributed by atoms with E-state index in [9.17, 15) is 4.79 Å². The standard InChI is InChI=1S/C17H25NOS/c1-2-3-8-14-9-7-12-16(14)18-17(19)13-20-15-10-5-4-6-11-15/h4-6,10-11,14,16H,2-3,7-9,12-13H2,1H3,(H,18,19). The van der Waals surface area contributed by atoms with Gasteiger partial charge in [0.05, 0.1) is 5.75 Å². The van der Waals surface area contributed by atoms with Crippen molar-refractivity contribution < 1.29 is 4.79 Å². The van der Waals surface area contributed by atoms with E-state index in [2.05, 4.69) is 24.4 Å². The molecule has 2 nitrogen and oxygen atoms in total. The van der Waals surface area contributed by atoms with Gasteiger partial charge in [0.15, 0.2) is 0 Å². The highest BCUT2D eigenvalue weighted by atomic mass is 32.2. The summed E-state index contributed by atoms with van der Waals surface area (Å²) in [5.41, 5.74) is 0. The Bertz CT molecular complexity index is 407. The Morgan fingerprint density at radius 1 is 1.30 bits per heavy atom. The predicted octanol–water partition coefficient (Wildman–Crippen LogP) is 4.25. The van der Waals surface area contributed by atoms with E-state index in [1.807, 2.05) is 18.2 Å². The van der Waals surface area contributed by atoms with Crippen molar-refractivity contribution in [1.29, 1.82) is 0 Å². The molecule has 2 rings (SSSR count). The third kappa shape index (κ3) is 4.86. The smallest absolute Gasteiger partial charge is 0.230 e. The summed E-state index contributed by atoms with van der Waals surface area (Å²) in [6.45, 7) is 2.24. The molecule has 0 radical (unpaired) electrons. The van der Waals surface area contributed by atoms with Crippen molar-refractivity contribution in [1.82, 2.24) is 5.32 Å². The molecule has 1 aromatic rings. The minimum Gasteiger partial charge on any atom is -0.352 e. The summed E-state index contributed by atoms with van der Waals surface area (Å²) in [6.07, 6.45) is 7.53. The van der Waals surface area contributed by atoms with Gasteiger partial charge in [-0.25, -0.2) is 0 Å². The Balaban J connectivity index is 1.73. The molecular formula is C17H25NOS. The van der Waals surface area contributed by atoms with Crippen LogP contribution in [0.15, 0.2) is 35.2 Å². The van der Waals surface area contributed by atoms with E-state index in [0.29, 0.717) is 17.7 Å². The molecule has 1 aliphatic carbocycles. The monoisotopic (exact) mass is 291 g/mol. The summed E-state index contributed by atoms with van der Waals surface area (Å²) in [5, 5.41) is 3.25. The van der Waals surface area contributed by atoms with E-state index in [1.54, 1.807) is 11.8 Å². The Morgan fingerprint density at radius 2 is 2.10 bits per heavy atom. The summed E-state index contributed by atoms with van der Waals surface area (Å²) < 4.78 is 0. The van der Waals surface area contributed by atoms with Gasteiger partial charge in [0.2, 0.25) is 5.91 Å². The number of nitrogens with one attached hydrogen (secondary N) is 1. The van der Waals surface area contributed by atoms with Gasteiger partial charge in [0, 0.05) is 10.9 Å². The van der Waals surface area contributed by atoms with E-state index in [1.165, 1.54) is 32.1 Å². The number of carbonyl (C=O) groups excluding carboxylic acids is 1. The van der Waals surface area contributed by atoms with Gasteiger partial charge < -0.3 is 5.32 Å². The first-order chi connectivity index (χ1) is 9.79. The highest BCUT2D eigenvalue weighted by Crippen LogP contribution is 2.30. The number of benzene rings is 1. The van der Waals surface area contributed by atoms with Crippen LogP contribution in [0.2, 0.25) is 0 Å². The molecule has 0 heterocycles. The van der Waals surface area contributed by atoms with Crippen LogP contribution < -0.4 is 5.32 Å². The van der Waals surface area contributed by atoms with Crippen molar-refractivity contribution in [2.75, 3.05) is 5.75 Å². The fraction of sp³-hybridized carbons (Fsp3) is 0.588. The van der Waals surface area contributed by atoms with Gasteiger partial charge >= 0.3 is 0 Å². The Labute approximate surface area is 126 Å². The number of hydrogen-bond donors (Lipinski definition) is 1. The van der Waals surface area contributed by atoms with Crippen LogP contribution in [0.25, 0.3) is 0 Å². The van der Waals surface area contributed by atoms with E-state index >= 15 is 0 Å². The summed E-state index contributed by atoms with van der Waals surface area (Å²) >= 11 is 1.62. The lowest BCUT2D eigenvalue weighted by molar-refractivity contribution is -0.119. The molecule has 0 spiro atoms. The number of thioether (sulfide) groups is 1. The SMILES string of the molecule is CCCCC1CCCC1NC(=O)CSc1ccccc1. The Kier molecular flexibility index (Phi) is 6.44. The van der Waals surface area contributed by atoms with Crippen LogP contribution in [-0.2, 0) is 4.79 Å². The summed E-state index contributed by atoms with van der Waals surface area (Å²) in [7, 11) is 0. The van der Waals surface area contributed by atoms with Gasteiger partial charge in [0.25, 0.3) is 0 Å². The maximum absolute atomic E-state index is 12.1. The first kappa shape index (κ1) is 15.4. The number of rotatable bonds is 7. The van der Waals surface area contributed by atoms with Gasteiger partial charge in [-0.15, -0.1) is 11.8 Å². The lowest BCUT2D eigenvalue weighted by Gasteiger charge is -2.20. The summed E-state index contributed by atoms with van der Waals surface area (Å²) in [4.78, 5) is 13.2. The first-order valence-electron chi connectivity index (χ1n) is 7.77. The molecule has 3 heteroatoms. The quantitative estimate of drug-likeness (QED) is 0.761. The Morgan fingerprint density at radius 3 is 2.85 bits per heavy atom. The van der Waals surface area contributed by atoms with Crippen molar-refractivity contribution in [3.05, 3.63) is 30.3 Å². The molecule has 1 saturated carbocycles. The molecular weight excluding hydrogens is 266 g/mol. The number of amides is 1. The highest BCUT2D eigenvalue weighted by Gasteiger charge is 2.27. The van der Waals surface area contributed by atoms with Crippen LogP contribution in [0.3, 0.4) is 0 Å². The molecule has 110 valence electrons. The second-order valence-electron chi connectivity index (χ2n) is 5.61. The lowest BCUT2D eigenvalue weighted by Crippen LogP contribution is -2.38. The van der Waals surface area contributed by atoms with E-state index in [0.717, 1.165) is 11.3 Å². The average molecular weight is 291 g/mol. The first-order valence-corrected chi connectivity index (χ1v) is 8.75.